The van der Waals surface area contributed by atoms with Crippen molar-refractivity contribution in [2.24, 2.45) is 5.92 Å². The quantitative estimate of drug-likeness (QED) is 0.925. The highest BCUT2D eigenvalue weighted by molar-refractivity contribution is 5.93. The third kappa shape index (κ3) is 3.95. The minimum atomic E-state index is -0.115. The van der Waals surface area contributed by atoms with Gasteiger partial charge >= 0.3 is 6.03 Å². The monoisotopic (exact) mass is 344 g/mol. The van der Waals surface area contributed by atoms with Crippen molar-refractivity contribution in [3.63, 3.8) is 0 Å². The summed E-state index contributed by atoms with van der Waals surface area (Å²) >= 11 is 0. The molecule has 25 heavy (non-hydrogen) atoms. The molecular formula is C19H28N4O2. The fourth-order valence-electron chi connectivity index (χ4n) is 3.31. The number of nitrogens with zero attached hydrogens (tertiary/aromatic N) is 3. The van der Waals surface area contributed by atoms with Crippen LogP contribution in [0.25, 0.3) is 11.0 Å². The summed E-state index contributed by atoms with van der Waals surface area (Å²) in [5.41, 5.74) is 1.68. The SMILES string of the molecule is CC(C)CCNC(=O)n1c(N2C[C@@H](C)O[C@@H](C)C2)nc2ccccc21. The highest BCUT2D eigenvalue weighted by Crippen LogP contribution is 2.25. The summed E-state index contributed by atoms with van der Waals surface area (Å²) in [6.45, 7) is 10.5. The number of nitrogens with one attached hydrogen (secondary N) is 1. The highest BCUT2D eigenvalue weighted by atomic mass is 16.5. The average molecular weight is 344 g/mol. The molecular weight excluding hydrogens is 316 g/mol. The number of amides is 1. The fourth-order valence-corrected chi connectivity index (χ4v) is 3.31. The van der Waals surface area contributed by atoms with Crippen LogP contribution in [0.4, 0.5) is 10.7 Å². The Balaban J connectivity index is 1.93. The number of fused-ring (bicyclic) bond motifs is 1. The van der Waals surface area contributed by atoms with E-state index in [0.29, 0.717) is 18.4 Å². The van der Waals surface area contributed by atoms with Gasteiger partial charge in [0.15, 0.2) is 0 Å². The second-order valence-electron chi connectivity index (χ2n) is 7.31. The van der Waals surface area contributed by atoms with Crippen LogP contribution in [0.15, 0.2) is 24.3 Å². The van der Waals surface area contributed by atoms with Crippen molar-refractivity contribution in [1.29, 1.82) is 0 Å². The average Bonchev–Trinajstić information content (AvgIpc) is 2.93. The molecule has 136 valence electrons. The molecule has 1 aliphatic heterocycles. The molecule has 0 unspecified atom stereocenters. The van der Waals surface area contributed by atoms with E-state index >= 15 is 0 Å². The number of benzene rings is 1. The van der Waals surface area contributed by atoms with Crippen LogP contribution in [-0.2, 0) is 4.74 Å². The minimum Gasteiger partial charge on any atom is -0.372 e. The molecule has 2 atom stereocenters. The number of hydrogen-bond acceptors (Lipinski definition) is 4. The van der Waals surface area contributed by atoms with Gasteiger partial charge in [-0.15, -0.1) is 0 Å². The topological polar surface area (TPSA) is 59.4 Å². The Morgan fingerprint density at radius 3 is 2.64 bits per heavy atom. The Morgan fingerprint density at radius 2 is 1.96 bits per heavy atom. The molecule has 0 spiro atoms. The molecule has 1 amide bonds. The number of morpholine rings is 1. The first-order valence-corrected chi connectivity index (χ1v) is 9.11. The molecule has 1 N–H and O–H groups in total. The molecule has 1 aromatic heterocycles. The Morgan fingerprint density at radius 1 is 1.28 bits per heavy atom. The van der Waals surface area contributed by atoms with Crippen molar-refractivity contribution in [2.75, 3.05) is 24.5 Å². The first kappa shape index (κ1) is 17.7. The molecule has 2 heterocycles. The molecule has 6 nitrogen and oxygen atoms in total. The van der Waals surface area contributed by atoms with Crippen LogP contribution in [0.1, 0.15) is 34.1 Å². The second-order valence-corrected chi connectivity index (χ2v) is 7.31. The van der Waals surface area contributed by atoms with Gasteiger partial charge in [0.25, 0.3) is 0 Å². The lowest BCUT2D eigenvalue weighted by atomic mass is 10.1. The lowest BCUT2D eigenvalue weighted by Gasteiger charge is -2.35. The van der Waals surface area contributed by atoms with Crippen molar-refractivity contribution in [1.82, 2.24) is 14.9 Å². The lowest BCUT2D eigenvalue weighted by molar-refractivity contribution is -0.00579. The standard InChI is InChI=1S/C19H28N4O2/c1-13(2)9-10-20-19(24)23-17-8-6-5-7-16(17)21-18(23)22-11-14(3)25-15(4)12-22/h5-8,13-15H,9-12H2,1-4H3,(H,20,24)/t14-,15+. The van der Waals surface area contributed by atoms with E-state index in [-0.39, 0.29) is 18.2 Å². The minimum absolute atomic E-state index is 0.112. The Hall–Kier alpha value is -2.08. The van der Waals surface area contributed by atoms with Gasteiger partial charge < -0.3 is 15.0 Å². The molecule has 3 rings (SSSR count). The van der Waals surface area contributed by atoms with Crippen molar-refractivity contribution in [3.05, 3.63) is 24.3 Å². The van der Waals surface area contributed by atoms with Crippen LogP contribution < -0.4 is 10.2 Å². The maximum Gasteiger partial charge on any atom is 0.328 e. The van der Waals surface area contributed by atoms with Gasteiger partial charge in [-0.05, 0) is 38.3 Å². The third-order valence-electron chi connectivity index (χ3n) is 4.45. The molecule has 1 aromatic carbocycles. The largest absolute Gasteiger partial charge is 0.372 e. The first-order valence-electron chi connectivity index (χ1n) is 9.11. The van der Waals surface area contributed by atoms with Crippen LogP contribution in [0.3, 0.4) is 0 Å². The zero-order chi connectivity index (χ0) is 18.0. The maximum atomic E-state index is 12.9. The summed E-state index contributed by atoms with van der Waals surface area (Å²) in [6, 6.07) is 7.67. The van der Waals surface area contributed by atoms with E-state index in [1.165, 1.54) is 0 Å². The molecule has 0 aliphatic carbocycles. The number of rotatable bonds is 4. The third-order valence-corrected chi connectivity index (χ3v) is 4.45. The van der Waals surface area contributed by atoms with Crippen molar-refractivity contribution in [2.45, 2.75) is 46.3 Å². The van der Waals surface area contributed by atoms with E-state index in [2.05, 4.69) is 37.9 Å². The van der Waals surface area contributed by atoms with Crippen LogP contribution in [0, 0.1) is 5.92 Å². The Bertz CT molecular complexity index is 730. The summed E-state index contributed by atoms with van der Waals surface area (Å²) in [5.74, 6) is 1.26. The van der Waals surface area contributed by atoms with Gasteiger partial charge in [0, 0.05) is 19.6 Å². The zero-order valence-corrected chi connectivity index (χ0v) is 15.5. The molecule has 1 saturated heterocycles. The summed E-state index contributed by atoms with van der Waals surface area (Å²) in [6.07, 6.45) is 1.18. The Kier molecular flexibility index (Phi) is 5.27. The van der Waals surface area contributed by atoms with Crippen LogP contribution in [0.2, 0.25) is 0 Å². The molecule has 2 aromatic rings. The van der Waals surface area contributed by atoms with Crippen LogP contribution >= 0.6 is 0 Å². The number of imidazole rings is 1. The van der Waals surface area contributed by atoms with E-state index in [1.807, 2.05) is 24.3 Å². The smallest absolute Gasteiger partial charge is 0.328 e. The maximum absolute atomic E-state index is 12.9. The molecule has 1 fully saturated rings. The highest BCUT2D eigenvalue weighted by Gasteiger charge is 2.28. The summed E-state index contributed by atoms with van der Waals surface area (Å²) in [5, 5.41) is 3.04. The van der Waals surface area contributed by atoms with Gasteiger partial charge in [-0.3, -0.25) is 0 Å². The number of aromatic nitrogens is 2. The van der Waals surface area contributed by atoms with Crippen molar-refractivity contribution < 1.29 is 9.53 Å². The van der Waals surface area contributed by atoms with Gasteiger partial charge in [-0.25, -0.2) is 14.3 Å². The van der Waals surface area contributed by atoms with E-state index < -0.39 is 0 Å². The molecule has 0 saturated carbocycles. The molecule has 1 aliphatic rings. The Labute approximate surface area is 149 Å². The summed E-state index contributed by atoms with van der Waals surface area (Å²) < 4.78 is 7.53. The van der Waals surface area contributed by atoms with Crippen molar-refractivity contribution >= 4 is 23.0 Å². The number of para-hydroxylation sites is 2. The van der Waals surface area contributed by atoms with Gasteiger partial charge in [-0.1, -0.05) is 26.0 Å². The first-order chi connectivity index (χ1) is 12.0. The van der Waals surface area contributed by atoms with E-state index in [0.717, 1.165) is 30.5 Å². The number of ether oxygens (including phenoxy) is 1. The number of carbonyl (C=O) groups excluding carboxylic acids is 1. The molecule has 0 radical (unpaired) electrons. The van der Waals surface area contributed by atoms with E-state index in [4.69, 9.17) is 9.72 Å². The van der Waals surface area contributed by atoms with Crippen molar-refractivity contribution in [3.8, 4) is 0 Å². The van der Waals surface area contributed by atoms with Gasteiger partial charge in [0.1, 0.15) is 0 Å². The van der Waals surface area contributed by atoms with Crippen LogP contribution in [-0.4, -0.2) is 47.4 Å². The summed E-state index contributed by atoms with van der Waals surface area (Å²) in [7, 11) is 0. The second kappa shape index (κ2) is 7.44. The number of anilines is 1. The molecule has 6 heteroatoms. The van der Waals surface area contributed by atoms with Gasteiger partial charge in [0.2, 0.25) is 5.95 Å². The van der Waals surface area contributed by atoms with Gasteiger partial charge in [-0.2, -0.15) is 0 Å². The predicted molar refractivity (Wildman–Crippen MR) is 100 cm³/mol. The summed E-state index contributed by atoms with van der Waals surface area (Å²) in [4.78, 5) is 19.8. The van der Waals surface area contributed by atoms with E-state index in [1.54, 1.807) is 4.57 Å². The number of hydrogen-bond donors (Lipinski definition) is 1. The normalized spacial score (nSPS) is 21.1. The zero-order valence-electron chi connectivity index (χ0n) is 15.5. The molecule has 0 bridgehead atoms. The van der Waals surface area contributed by atoms with Crippen LogP contribution in [0.5, 0.6) is 0 Å². The predicted octanol–water partition coefficient (Wildman–Crippen LogP) is 3.25. The van der Waals surface area contributed by atoms with E-state index in [9.17, 15) is 4.79 Å². The fraction of sp³-hybridized carbons (Fsp3) is 0.579. The lowest BCUT2D eigenvalue weighted by Crippen LogP contribution is -2.47. The van der Waals surface area contributed by atoms with Gasteiger partial charge in [0.05, 0.1) is 23.2 Å². The number of carbonyl (C=O) groups is 1.